The van der Waals surface area contributed by atoms with Gasteiger partial charge < -0.3 is 36.5 Å². The van der Waals surface area contributed by atoms with E-state index in [-0.39, 0.29) is 38.3 Å². The molecule has 11 N–H and O–H groups in total. The number of para-hydroxylation sites is 1. The maximum Gasteiger partial charge on any atom is 0.414 e. The molecule has 17 heteroatoms. The van der Waals surface area contributed by atoms with Crippen molar-refractivity contribution in [2.75, 3.05) is 25.0 Å². The molecule has 0 fully saturated rings. The number of hydrogen-bond acceptors (Lipinski definition) is 12. The molecule has 0 aliphatic rings. The molecule has 1 unspecified atom stereocenters. The van der Waals surface area contributed by atoms with Gasteiger partial charge in [-0.15, -0.1) is 0 Å². The molecule has 0 saturated carbocycles. The quantitative estimate of drug-likeness (QED) is 0.0127. The molecule has 5 aromatic carbocycles. The largest absolute Gasteiger partial charge is 0.444 e. The second kappa shape index (κ2) is 29.3. The number of aryl methyl sites for hydroxylation is 1. The fourth-order valence-electron chi connectivity index (χ4n) is 7.71. The van der Waals surface area contributed by atoms with E-state index < -0.39 is 65.5 Å². The number of aliphatic imine (C=N–C) groups is 1. The number of guanidine groups is 1. The highest BCUT2D eigenvalue weighted by molar-refractivity contribution is 6.01. The van der Waals surface area contributed by atoms with Crippen LogP contribution >= 0.6 is 0 Å². The van der Waals surface area contributed by atoms with Gasteiger partial charge in [-0.2, -0.15) is 0 Å². The number of carbonyl (C=O) groups is 5. The summed E-state index contributed by atoms with van der Waals surface area (Å²) < 4.78 is 10.7. The molecule has 0 saturated heterocycles. The Morgan fingerprint density at radius 2 is 1.01 bits per heavy atom. The van der Waals surface area contributed by atoms with Crippen LogP contribution in [0.4, 0.5) is 15.3 Å². The van der Waals surface area contributed by atoms with Crippen molar-refractivity contribution in [3.8, 4) is 22.3 Å². The maximum atomic E-state index is 14.4. The minimum Gasteiger partial charge on any atom is -0.444 e. The van der Waals surface area contributed by atoms with Gasteiger partial charge in [0, 0.05) is 18.8 Å². The van der Waals surface area contributed by atoms with Crippen molar-refractivity contribution >= 4 is 41.6 Å². The summed E-state index contributed by atoms with van der Waals surface area (Å²) in [5.41, 5.74) is 18.1. The average Bonchev–Trinajstić information content (AvgIpc) is 3.37. The van der Waals surface area contributed by atoms with Crippen LogP contribution in [0.1, 0.15) is 84.8 Å². The Kier molecular flexibility index (Phi) is 22.8. The van der Waals surface area contributed by atoms with Gasteiger partial charge in [-0.3, -0.25) is 41.1 Å². The summed E-state index contributed by atoms with van der Waals surface area (Å²) in [4.78, 5) is 71.8. The van der Waals surface area contributed by atoms with Gasteiger partial charge in [-0.25, -0.2) is 9.59 Å². The van der Waals surface area contributed by atoms with Crippen LogP contribution in [0.15, 0.2) is 145 Å². The molecule has 0 aliphatic carbocycles. The summed E-state index contributed by atoms with van der Waals surface area (Å²) in [6.07, 6.45) is 0.310. The molecular weight excluding hydrogens is 949 g/mol. The monoisotopic (exact) mass is 1020 g/mol. The first-order chi connectivity index (χ1) is 35.8. The van der Waals surface area contributed by atoms with Crippen LogP contribution in [0.2, 0.25) is 0 Å². The zero-order valence-electron chi connectivity index (χ0n) is 44.1. The van der Waals surface area contributed by atoms with Gasteiger partial charge in [0.05, 0.1) is 6.04 Å². The van der Waals surface area contributed by atoms with E-state index in [1.807, 2.05) is 140 Å². The number of unbranched alkanes of at least 4 members (excludes halogenated alkanes) is 1. The third-order valence-electron chi connectivity index (χ3n) is 11.4. The Bertz CT molecular complexity index is 2560. The Morgan fingerprint density at radius 1 is 0.533 bits per heavy atom. The fraction of sp³-hybridized carbons (Fsp3) is 0.379. The fourth-order valence-corrected chi connectivity index (χ4v) is 7.71. The van der Waals surface area contributed by atoms with Crippen LogP contribution in [-0.2, 0) is 36.7 Å². The number of carbonyl (C=O) groups excluding carboxylic acids is 5. The summed E-state index contributed by atoms with van der Waals surface area (Å²) >= 11 is 0. The van der Waals surface area contributed by atoms with Crippen molar-refractivity contribution in [2.45, 2.75) is 122 Å². The van der Waals surface area contributed by atoms with E-state index in [0.717, 1.165) is 39.1 Å². The normalized spacial score (nSPS) is 12.9. The van der Waals surface area contributed by atoms with E-state index in [2.05, 4.69) is 42.2 Å². The van der Waals surface area contributed by atoms with Gasteiger partial charge >= 0.3 is 12.2 Å². The molecule has 0 aliphatic heterocycles. The first kappa shape index (κ1) is 58.3. The first-order valence-electron chi connectivity index (χ1n) is 25.6. The Balaban J connectivity index is 1.27. The van der Waals surface area contributed by atoms with E-state index in [0.29, 0.717) is 32.2 Å². The summed E-state index contributed by atoms with van der Waals surface area (Å²) in [5.74, 6) is -1.60. The molecule has 0 spiro atoms. The first-order valence-corrected chi connectivity index (χ1v) is 25.6. The predicted molar refractivity (Wildman–Crippen MR) is 296 cm³/mol. The molecule has 75 heavy (non-hydrogen) atoms. The molecule has 5 rings (SSSR count). The van der Waals surface area contributed by atoms with E-state index in [1.54, 1.807) is 41.5 Å². The number of hydrogen-bond donors (Lipinski definition) is 9. The minimum absolute atomic E-state index is 0.148. The number of alkyl carbamates (subject to hydrolysis) is 2. The number of benzene rings is 5. The number of nitrogens with one attached hydrogen (secondary N) is 7. The van der Waals surface area contributed by atoms with Gasteiger partial charge in [-0.1, -0.05) is 127 Å². The van der Waals surface area contributed by atoms with Crippen LogP contribution < -0.4 is 48.7 Å². The molecule has 5 amide bonds. The smallest absolute Gasteiger partial charge is 0.414 e. The highest BCUT2D eigenvalue weighted by Gasteiger charge is 2.29. The number of nitrogens with two attached hydrogens (primary N) is 2. The highest BCUT2D eigenvalue weighted by atomic mass is 16.6. The molecular formula is C58H76N10O7. The van der Waals surface area contributed by atoms with Crippen molar-refractivity contribution < 1.29 is 33.4 Å². The molecule has 0 bridgehead atoms. The highest BCUT2D eigenvalue weighted by Crippen LogP contribution is 2.22. The summed E-state index contributed by atoms with van der Waals surface area (Å²) in [6.45, 7) is 11.1. The van der Waals surface area contributed by atoms with Crippen molar-refractivity contribution in [2.24, 2.45) is 16.5 Å². The molecule has 0 heterocycles. The van der Waals surface area contributed by atoms with Gasteiger partial charge in [-0.05, 0) is 139 Å². The van der Waals surface area contributed by atoms with Crippen LogP contribution in [0.25, 0.3) is 22.3 Å². The van der Waals surface area contributed by atoms with E-state index in [4.69, 9.17) is 20.9 Å². The number of rotatable bonds is 24. The van der Waals surface area contributed by atoms with E-state index in [1.165, 1.54) is 0 Å². The molecule has 4 atom stereocenters. The van der Waals surface area contributed by atoms with E-state index in [9.17, 15) is 24.0 Å². The lowest BCUT2D eigenvalue weighted by molar-refractivity contribution is -0.132. The maximum absolute atomic E-state index is 14.4. The zero-order chi connectivity index (χ0) is 54.2. The van der Waals surface area contributed by atoms with Crippen molar-refractivity contribution in [3.05, 3.63) is 151 Å². The van der Waals surface area contributed by atoms with Gasteiger partial charge in [0.1, 0.15) is 29.6 Å². The van der Waals surface area contributed by atoms with Crippen molar-refractivity contribution in [1.29, 1.82) is 0 Å². The molecule has 17 nitrogen and oxygen atoms in total. The SMILES string of the molecule is CC(C)(C)OC(=O)NC(=NCCCCNC(=O)[C@@H](CCc1ccc(-c2ccccc2)cc1)NC(=O)[C@@H](CCCNC(N)Nc1ccccc1)NC(=O)[C@H](N)Cc1ccc(-c2ccccc2)cc1)NC(=O)OC(C)(C)C. The number of anilines is 1. The number of nitrogens with zero attached hydrogens (tertiary/aromatic N) is 1. The van der Waals surface area contributed by atoms with Crippen LogP contribution in [-0.4, -0.2) is 91.1 Å². The third-order valence-corrected chi connectivity index (χ3v) is 11.4. The molecule has 400 valence electrons. The number of ether oxygens (including phenoxy) is 2. The second-order valence-electron chi connectivity index (χ2n) is 20.2. The van der Waals surface area contributed by atoms with Crippen molar-refractivity contribution in [3.63, 3.8) is 0 Å². The summed E-state index contributed by atoms with van der Waals surface area (Å²) in [6, 6.07) is 42.4. The minimum atomic E-state index is -1.04. The van der Waals surface area contributed by atoms with Crippen molar-refractivity contribution in [1.82, 2.24) is 31.9 Å². The lowest BCUT2D eigenvalue weighted by Gasteiger charge is -2.25. The Morgan fingerprint density at radius 3 is 1.55 bits per heavy atom. The third kappa shape index (κ3) is 22.2. The Labute approximate surface area is 441 Å². The summed E-state index contributed by atoms with van der Waals surface area (Å²) in [5, 5.41) is 20.2. The molecule has 0 aromatic heterocycles. The van der Waals surface area contributed by atoms with Crippen LogP contribution in [0.5, 0.6) is 0 Å². The summed E-state index contributed by atoms with van der Waals surface area (Å²) in [7, 11) is 0. The zero-order valence-corrected chi connectivity index (χ0v) is 44.1. The molecule has 5 aromatic rings. The van der Waals surface area contributed by atoms with Gasteiger partial charge in [0.2, 0.25) is 23.7 Å². The number of amides is 5. The predicted octanol–water partition coefficient (Wildman–Crippen LogP) is 7.52. The van der Waals surface area contributed by atoms with Gasteiger partial charge in [0.15, 0.2) is 0 Å². The standard InChI is InChI=1S/C58H76N10O7/c1-57(2,3)74-55(72)67-54(68-56(73)75-58(4,5)6)63-37-17-16-36-61-51(70)49(35-30-40-26-31-44(32-27-40)42-19-10-7-11-20-42)66-52(71)48(25-18-38-62-53(60)64-46-23-14-9-15-24-46)65-50(69)47(59)39-41-28-33-45(34-29-41)43-21-12-8-13-22-43/h7-15,19-24,26-29,31-34,47-49,53,62,64H,16-18,25,30,35-39,59-60H2,1-6H3,(H,61,70)(H,65,69)(H,66,71)(H2,63,67,68,72,73)/t47-,48-,49-,53?/m1/s1. The second-order valence-corrected chi connectivity index (χ2v) is 20.2. The van der Waals surface area contributed by atoms with Crippen LogP contribution in [0, 0.1) is 0 Å². The van der Waals surface area contributed by atoms with Crippen LogP contribution in [0.3, 0.4) is 0 Å². The lowest BCUT2D eigenvalue weighted by Crippen LogP contribution is -2.56. The van der Waals surface area contributed by atoms with E-state index >= 15 is 0 Å². The lowest BCUT2D eigenvalue weighted by atomic mass is 9.99. The average molecular weight is 1030 g/mol. The van der Waals surface area contributed by atoms with Gasteiger partial charge in [0.25, 0.3) is 0 Å². The Hall–Kier alpha value is -7.60. The molecule has 0 radical (unpaired) electrons. The topological polar surface area (TPSA) is 252 Å².